The fourth-order valence-corrected chi connectivity index (χ4v) is 4.07. The molecule has 0 bridgehead atoms. The molecule has 3 aromatic rings. The Morgan fingerprint density at radius 3 is 2.91 bits per heavy atom. The molecule has 0 saturated carbocycles. The molecular formula is C23H22N6O5. The molecule has 0 spiro atoms. The number of aromatic nitrogens is 1. The van der Waals surface area contributed by atoms with Crippen LogP contribution in [-0.4, -0.2) is 45.4 Å². The van der Waals surface area contributed by atoms with E-state index in [0.717, 1.165) is 22.9 Å². The molecule has 1 aliphatic heterocycles. The van der Waals surface area contributed by atoms with Crippen molar-refractivity contribution in [2.75, 3.05) is 11.9 Å². The van der Waals surface area contributed by atoms with Gasteiger partial charge in [-0.25, -0.2) is 4.79 Å². The number of nitrogens with one attached hydrogen (secondary N) is 2. The Kier molecular flexibility index (Phi) is 6.42. The highest BCUT2D eigenvalue weighted by atomic mass is 16.6. The predicted octanol–water partition coefficient (Wildman–Crippen LogP) is 3.07. The normalized spacial score (nSPS) is 16.1. The van der Waals surface area contributed by atoms with Gasteiger partial charge in [-0.15, -0.1) is 0 Å². The summed E-state index contributed by atoms with van der Waals surface area (Å²) in [6.45, 7) is 0.519. The number of nitrogens with two attached hydrogens (primary N) is 1. The van der Waals surface area contributed by atoms with Crippen LogP contribution in [0.25, 0.3) is 10.9 Å². The number of benzene rings is 2. The molecule has 2 aromatic carbocycles. The molecule has 174 valence electrons. The maximum absolute atomic E-state index is 12.8. The van der Waals surface area contributed by atoms with Gasteiger partial charge >= 0.3 is 6.09 Å². The SMILES string of the molecule is N#C[C@@H]1CCCN1C(=O)[C@@H](N)Cc1c[nH]c2ccc(OC(=O)Nc3ccccc3[N+](=O)[O-])cc12. The van der Waals surface area contributed by atoms with Crippen LogP contribution in [0.5, 0.6) is 5.75 Å². The monoisotopic (exact) mass is 462 g/mol. The van der Waals surface area contributed by atoms with E-state index in [4.69, 9.17) is 10.5 Å². The average Bonchev–Trinajstić information content (AvgIpc) is 3.45. The number of rotatable bonds is 6. The van der Waals surface area contributed by atoms with Gasteiger partial charge in [-0.3, -0.25) is 20.2 Å². The molecule has 2 atom stereocenters. The quantitative estimate of drug-likeness (QED) is 0.373. The number of carbonyl (C=O) groups is 2. The summed E-state index contributed by atoms with van der Waals surface area (Å²) in [6, 6.07) is 11.5. The summed E-state index contributed by atoms with van der Waals surface area (Å²) in [5.41, 5.74) is 7.46. The van der Waals surface area contributed by atoms with Gasteiger partial charge in [0.2, 0.25) is 5.91 Å². The maximum atomic E-state index is 12.8. The molecule has 1 saturated heterocycles. The van der Waals surface area contributed by atoms with Gasteiger partial charge in [0, 0.05) is 29.7 Å². The topological polar surface area (TPSA) is 167 Å². The van der Waals surface area contributed by atoms with E-state index in [0.29, 0.717) is 13.0 Å². The van der Waals surface area contributed by atoms with E-state index in [1.807, 2.05) is 0 Å². The summed E-state index contributed by atoms with van der Waals surface area (Å²) in [4.78, 5) is 40.2. The Morgan fingerprint density at radius 1 is 1.35 bits per heavy atom. The van der Waals surface area contributed by atoms with E-state index in [1.54, 1.807) is 30.5 Å². The van der Waals surface area contributed by atoms with Gasteiger partial charge < -0.3 is 20.4 Å². The molecule has 4 rings (SSSR count). The zero-order valence-electron chi connectivity index (χ0n) is 18.1. The lowest BCUT2D eigenvalue weighted by Crippen LogP contribution is -2.46. The number of H-pyrrole nitrogens is 1. The first-order valence-corrected chi connectivity index (χ1v) is 10.7. The van der Waals surface area contributed by atoms with E-state index in [-0.39, 0.29) is 29.5 Å². The molecule has 1 fully saturated rings. The molecule has 11 nitrogen and oxygen atoms in total. The second kappa shape index (κ2) is 9.60. The smallest absolute Gasteiger partial charge is 0.410 e. The van der Waals surface area contributed by atoms with E-state index in [1.165, 1.54) is 23.1 Å². The number of ether oxygens (including phenoxy) is 1. The van der Waals surface area contributed by atoms with Crippen LogP contribution >= 0.6 is 0 Å². The second-order valence-electron chi connectivity index (χ2n) is 7.94. The summed E-state index contributed by atoms with van der Waals surface area (Å²) in [5, 5.41) is 23.5. The number of hydrogen-bond acceptors (Lipinski definition) is 7. The zero-order valence-corrected chi connectivity index (χ0v) is 18.1. The van der Waals surface area contributed by atoms with Gasteiger partial charge in [0.1, 0.15) is 17.5 Å². The highest BCUT2D eigenvalue weighted by Crippen LogP contribution is 2.27. The van der Waals surface area contributed by atoms with Gasteiger partial charge in [0.15, 0.2) is 0 Å². The Bertz CT molecular complexity index is 1300. The number of anilines is 1. The van der Waals surface area contributed by atoms with Gasteiger partial charge in [-0.05, 0) is 49.1 Å². The number of aromatic amines is 1. The Morgan fingerprint density at radius 2 is 2.15 bits per heavy atom. The van der Waals surface area contributed by atoms with E-state index in [9.17, 15) is 25.0 Å². The van der Waals surface area contributed by atoms with Crippen LogP contribution in [0.1, 0.15) is 18.4 Å². The molecular weight excluding hydrogens is 440 g/mol. The second-order valence-corrected chi connectivity index (χ2v) is 7.94. The van der Waals surface area contributed by atoms with E-state index in [2.05, 4.69) is 16.4 Å². The Hall–Kier alpha value is -4.43. The molecule has 2 heterocycles. The Labute approximate surface area is 194 Å². The van der Waals surface area contributed by atoms with Gasteiger partial charge in [0.25, 0.3) is 5.69 Å². The molecule has 1 aromatic heterocycles. The van der Waals surface area contributed by atoms with Crippen LogP contribution in [-0.2, 0) is 11.2 Å². The van der Waals surface area contributed by atoms with Crippen molar-refractivity contribution in [1.29, 1.82) is 5.26 Å². The average molecular weight is 462 g/mol. The number of nitriles is 1. The summed E-state index contributed by atoms with van der Waals surface area (Å²) in [6.07, 6.45) is 2.52. The molecule has 2 amide bonds. The lowest BCUT2D eigenvalue weighted by Gasteiger charge is -2.23. The van der Waals surface area contributed by atoms with Crippen molar-refractivity contribution in [3.8, 4) is 11.8 Å². The minimum atomic E-state index is -0.880. The van der Waals surface area contributed by atoms with Crippen LogP contribution in [0, 0.1) is 21.4 Å². The van der Waals surface area contributed by atoms with Crippen molar-refractivity contribution in [2.45, 2.75) is 31.3 Å². The summed E-state index contributed by atoms with van der Waals surface area (Å²) < 4.78 is 5.32. The predicted molar refractivity (Wildman–Crippen MR) is 123 cm³/mol. The minimum Gasteiger partial charge on any atom is -0.410 e. The third-order valence-electron chi connectivity index (χ3n) is 5.73. The van der Waals surface area contributed by atoms with Crippen LogP contribution in [0.4, 0.5) is 16.2 Å². The number of hydrogen-bond donors (Lipinski definition) is 3. The highest BCUT2D eigenvalue weighted by molar-refractivity contribution is 5.91. The fourth-order valence-electron chi connectivity index (χ4n) is 4.07. The van der Waals surface area contributed by atoms with Crippen molar-refractivity contribution in [3.05, 3.63) is 64.3 Å². The molecule has 0 unspecified atom stereocenters. The summed E-state index contributed by atoms with van der Waals surface area (Å²) in [7, 11) is 0. The minimum absolute atomic E-state index is 0.0167. The first-order valence-electron chi connectivity index (χ1n) is 10.7. The number of likely N-dealkylation sites (tertiary alicyclic amines) is 1. The lowest BCUT2D eigenvalue weighted by atomic mass is 10.0. The van der Waals surface area contributed by atoms with Gasteiger partial charge in [0.05, 0.1) is 17.0 Å². The zero-order chi connectivity index (χ0) is 24.2. The standard InChI is InChI=1S/C23H22N6O5/c24-12-15-4-3-9-28(15)22(30)18(25)10-14-13-26-19-8-7-16(11-17(14)19)34-23(31)27-20-5-1-2-6-21(20)29(32)33/h1-2,5-8,11,13,15,18,26H,3-4,9-10,25H2,(H,27,31)/t15-,18-/m0/s1. The molecule has 1 aliphatic rings. The third kappa shape index (κ3) is 4.67. The molecule has 11 heteroatoms. The van der Waals surface area contributed by atoms with Crippen LogP contribution in [0.15, 0.2) is 48.7 Å². The van der Waals surface area contributed by atoms with Crippen LogP contribution in [0.2, 0.25) is 0 Å². The fraction of sp³-hybridized carbons (Fsp3) is 0.261. The van der Waals surface area contributed by atoms with Crippen molar-refractivity contribution in [3.63, 3.8) is 0 Å². The van der Waals surface area contributed by atoms with Crippen molar-refractivity contribution in [2.24, 2.45) is 5.73 Å². The first kappa shape index (κ1) is 22.8. The van der Waals surface area contributed by atoms with E-state index < -0.39 is 23.1 Å². The maximum Gasteiger partial charge on any atom is 0.417 e. The highest BCUT2D eigenvalue weighted by Gasteiger charge is 2.32. The third-order valence-corrected chi connectivity index (χ3v) is 5.73. The number of nitro groups is 1. The van der Waals surface area contributed by atoms with Crippen LogP contribution < -0.4 is 15.8 Å². The molecule has 0 radical (unpaired) electrons. The van der Waals surface area contributed by atoms with Gasteiger partial charge in [-0.2, -0.15) is 5.26 Å². The summed E-state index contributed by atoms with van der Waals surface area (Å²) >= 11 is 0. The largest absolute Gasteiger partial charge is 0.417 e. The van der Waals surface area contributed by atoms with Crippen molar-refractivity contribution in [1.82, 2.24) is 9.88 Å². The number of carbonyl (C=O) groups excluding carboxylic acids is 2. The summed E-state index contributed by atoms with van der Waals surface area (Å²) in [5.74, 6) is -0.0527. The lowest BCUT2D eigenvalue weighted by molar-refractivity contribution is -0.383. The van der Waals surface area contributed by atoms with E-state index >= 15 is 0 Å². The first-order chi connectivity index (χ1) is 16.4. The number of amides is 2. The molecule has 0 aliphatic carbocycles. The number of nitro benzene ring substituents is 1. The van der Waals surface area contributed by atoms with Crippen LogP contribution in [0.3, 0.4) is 0 Å². The number of para-hydroxylation sites is 2. The number of nitrogens with zero attached hydrogens (tertiary/aromatic N) is 3. The molecule has 34 heavy (non-hydrogen) atoms. The molecule has 4 N–H and O–H groups in total. The van der Waals surface area contributed by atoms with Gasteiger partial charge in [-0.1, -0.05) is 12.1 Å². The van der Waals surface area contributed by atoms with Crippen molar-refractivity contribution < 1.29 is 19.2 Å². The van der Waals surface area contributed by atoms with Crippen molar-refractivity contribution >= 4 is 34.3 Å². The Balaban J connectivity index is 1.47. The number of fused-ring (bicyclic) bond motifs is 1.